The minimum Gasteiger partial charge on any atom is -0.307 e. The van der Waals surface area contributed by atoms with Crippen molar-refractivity contribution in [3.8, 4) is 0 Å². The number of aromatic nitrogens is 1. The molecule has 0 saturated heterocycles. The number of carbonyl (C=O) groups is 1. The molecule has 0 aliphatic rings. The standard InChI is InChI=1S/C13H10ClFN2O/c14-7-9-2-1-3-10(6-9)13(18)17-12-5-4-11(15)8-16-12/h1-6,8H,7H2,(H,16,17,18). The molecule has 1 heterocycles. The summed E-state index contributed by atoms with van der Waals surface area (Å²) < 4.78 is 12.7. The van der Waals surface area contributed by atoms with Gasteiger partial charge in [-0.15, -0.1) is 11.6 Å². The van der Waals surface area contributed by atoms with Crippen LogP contribution >= 0.6 is 11.6 Å². The van der Waals surface area contributed by atoms with Gasteiger partial charge in [-0.3, -0.25) is 4.79 Å². The maximum atomic E-state index is 12.7. The molecular weight excluding hydrogens is 255 g/mol. The van der Waals surface area contributed by atoms with Gasteiger partial charge in [0.15, 0.2) is 0 Å². The molecule has 1 aromatic heterocycles. The fourth-order valence-corrected chi connectivity index (χ4v) is 1.60. The number of carbonyl (C=O) groups excluding carboxylic acids is 1. The SMILES string of the molecule is O=C(Nc1ccc(F)cn1)c1cccc(CCl)c1. The van der Waals surface area contributed by atoms with Crippen LogP contribution in [0.1, 0.15) is 15.9 Å². The van der Waals surface area contributed by atoms with Crippen LogP contribution in [0.2, 0.25) is 0 Å². The Kier molecular flexibility index (Phi) is 3.89. The zero-order chi connectivity index (χ0) is 13.0. The number of nitrogens with zero attached hydrogens (tertiary/aromatic N) is 1. The normalized spacial score (nSPS) is 10.1. The Morgan fingerprint density at radius 1 is 1.33 bits per heavy atom. The molecule has 0 aliphatic heterocycles. The van der Waals surface area contributed by atoms with Crippen molar-refractivity contribution in [1.29, 1.82) is 0 Å². The van der Waals surface area contributed by atoms with Crippen molar-refractivity contribution in [2.24, 2.45) is 0 Å². The number of alkyl halides is 1. The van der Waals surface area contributed by atoms with E-state index in [4.69, 9.17) is 11.6 Å². The predicted octanol–water partition coefficient (Wildman–Crippen LogP) is 3.21. The Hall–Kier alpha value is -1.94. The Labute approximate surface area is 109 Å². The molecule has 0 fully saturated rings. The van der Waals surface area contributed by atoms with Gasteiger partial charge in [-0.2, -0.15) is 0 Å². The number of rotatable bonds is 3. The van der Waals surface area contributed by atoms with Gasteiger partial charge in [0.05, 0.1) is 6.20 Å². The Bertz CT molecular complexity index is 557. The highest BCUT2D eigenvalue weighted by molar-refractivity contribution is 6.17. The van der Waals surface area contributed by atoms with E-state index in [0.29, 0.717) is 17.3 Å². The molecule has 18 heavy (non-hydrogen) atoms. The smallest absolute Gasteiger partial charge is 0.256 e. The number of nitrogens with one attached hydrogen (secondary N) is 1. The molecule has 1 aromatic carbocycles. The number of anilines is 1. The molecule has 0 atom stereocenters. The minimum absolute atomic E-state index is 0.303. The lowest BCUT2D eigenvalue weighted by Crippen LogP contribution is -2.13. The van der Waals surface area contributed by atoms with E-state index in [2.05, 4.69) is 10.3 Å². The molecule has 1 amide bonds. The van der Waals surface area contributed by atoms with Gasteiger partial charge in [-0.1, -0.05) is 12.1 Å². The quantitative estimate of drug-likeness (QED) is 0.865. The maximum Gasteiger partial charge on any atom is 0.256 e. The van der Waals surface area contributed by atoms with Crippen molar-refractivity contribution in [2.75, 3.05) is 5.32 Å². The van der Waals surface area contributed by atoms with Crippen LogP contribution in [0.4, 0.5) is 10.2 Å². The van der Waals surface area contributed by atoms with Gasteiger partial charge in [0.2, 0.25) is 0 Å². The van der Waals surface area contributed by atoms with Crippen molar-refractivity contribution in [2.45, 2.75) is 5.88 Å². The van der Waals surface area contributed by atoms with Gasteiger partial charge in [0, 0.05) is 11.4 Å². The number of pyridine rings is 1. The maximum absolute atomic E-state index is 12.7. The summed E-state index contributed by atoms with van der Waals surface area (Å²) in [5, 5.41) is 2.58. The number of hydrogen-bond acceptors (Lipinski definition) is 2. The first kappa shape index (κ1) is 12.5. The van der Waals surface area contributed by atoms with Crippen LogP contribution in [0.5, 0.6) is 0 Å². The van der Waals surface area contributed by atoms with Gasteiger partial charge < -0.3 is 5.32 Å². The van der Waals surface area contributed by atoms with Crippen LogP contribution in [0.3, 0.4) is 0 Å². The highest BCUT2D eigenvalue weighted by Crippen LogP contribution is 2.10. The second-order valence-electron chi connectivity index (χ2n) is 3.65. The summed E-state index contributed by atoms with van der Waals surface area (Å²) in [6, 6.07) is 9.60. The van der Waals surface area contributed by atoms with Crippen molar-refractivity contribution in [3.63, 3.8) is 0 Å². The van der Waals surface area contributed by atoms with Gasteiger partial charge >= 0.3 is 0 Å². The van der Waals surface area contributed by atoms with Crippen LogP contribution in [-0.4, -0.2) is 10.9 Å². The molecule has 2 rings (SSSR count). The Morgan fingerprint density at radius 3 is 2.83 bits per heavy atom. The summed E-state index contributed by atoms with van der Waals surface area (Å²) in [6.45, 7) is 0. The zero-order valence-electron chi connectivity index (χ0n) is 9.36. The lowest BCUT2D eigenvalue weighted by molar-refractivity contribution is 0.102. The second kappa shape index (κ2) is 5.60. The summed E-state index contributed by atoms with van der Waals surface area (Å²) in [4.78, 5) is 15.6. The van der Waals surface area contributed by atoms with Crippen LogP contribution < -0.4 is 5.32 Å². The van der Waals surface area contributed by atoms with E-state index in [0.717, 1.165) is 11.8 Å². The highest BCUT2D eigenvalue weighted by Gasteiger charge is 2.07. The van der Waals surface area contributed by atoms with E-state index in [1.54, 1.807) is 18.2 Å². The third-order valence-corrected chi connectivity index (χ3v) is 2.62. The molecule has 2 aromatic rings. The van der Waals surface area contributed by atoms with Crippen LogP contribution in [0.15, 0.2) is 42.6 Å². The molecule has 0 spiro atoms. The molecule has 0 saturated carbocycles. The Morgan fingerprint density at radius 2 is 2.17 bits per heavy atom. The molecule has 1 N–H and O–H groups in total. The fourth-order valence-electron chi connectivity index (χ4n) is 1.43. The van der Waals surface area contributed by atoms with Gasteiger partial charge in [-0.25, -0.2) is 9.37 Å². The van der Waals surface area contributed by atoms with E-state index in [1.165, 1.54) is 12.1 Å². The van der Waals surface area contributed by atoms with Crippen LogP contribution in [0.25, 0.3) is 0 Å². The van der Waals surface area contributed by atoms with Crippen molar-refractivity contribution in [3.05, 3.63) is 59.5 Å². The van der Waals surface area contributed by atoms with E-state index in [9.17, 15) is 9.18 Å². The lowest BCUT2D eigenvalue weighted by atomic mass is 10.1. The zero-order valence-corrected chi connectivity index (χ0v) is 10.1. The molecule has 3 nitrogen and oxygen atoms in total. The molecule has 5 heteroatoms. The minimum atomic E-state index is -0.447. The number of halogens is 2. The third kappa shape index (κ3) is 3.05. The summed E-state index contributed by atoms with van der Waals surface area (Å²) in [5.74, 6) is -0.105. The first-order chi connectivity index (χ1) is 8.69. The first-order valence-corrected chi connectivity index (χ1v) is 5.80. The van der Waals surface area contributed by atoms with Gasteiger partial charge in [0.25, 0.3) is 5.91 Å². The molecule has 0 bridgehead atoms. The molecule has 0 aliphatic carbocycles. The fraction of sp³-hybridized carbons (Fsp3) is 0.0769. The van der Waals surface area contributed by atoms with Crippen molar-refractivity contribution < 1.29 is 9.18 Å². The van der Waals surface area contributed by atoms with Crippen molar-refractivity contribution in [1.82, 2.24) is 4.98 Å². The van der Waals surface area contributed by atoms with E-state index in [1.807, 2.05) is 6.07 Å². The Balaban J connectivity index is 2.14. The molecule has 92 valence electrons. The first-order valence-electron chi connectivity index (χ1n) is 5.27. The van der Waals surface area contributed by atoms with Crippen molar-refractivity contribution >= 4 is 23.3 Å². The second-order valence-corrected chi connectivity index (χ2v) is 3.92. The summed E-state index contributed by atoms with van der Waals surface area (Å²) in [5.41, 5.74) is 1.34. The average Bonchev–Trinajstić information content (AvgIpc) is 2.41. The predicted molar refractivity (Wildman–Crippen MR) is 68.1 cm³/mol. The van der Waals surface area contributed by atoms with Crippen LogP contribution in [-0.2, 0) is 5.88 Å². The largest absolute Gasteiger partial charge is 0.307 e. The molecule has 0 unspecified atom stereocenters. The number of hydrogen-bond donors (Lipinski definition) is 1. The number of benzene rings is 1. The molecular formula is C13H10ClFN2O. The molecule has 0 radical (unpaired) electrons. The van der Waals surface area contributed by atoms with Crippen LogP contribution in [0, 0.1) is 5.82 Å². The lowest BCUT2D eigenvalue weighted by Gasteiger charge is -2.05. The average molecular weight is 265 g/mol. The highest BCUT2D eigenvalue weighted by atomic mass is 35.5. The summed E-state index contributed by atoms with van der Waals surface area (Å²) >= 11 is 5.70. The summed E-state index contributed by atoms with van der Waals surface area (Å²) in [7, 11) is 0. The summed E-state index contributed by atoms with van der Waals surface area (Å²) in [6.07, 6.45) is 1.05. The topological polar surface area (TPSA) is 42.0 Å². The van der Waals surface area contributed by atoms with E-state index < -0.39 is 5.82 Å². The third-order valence-electron chi connectivity index (χ3n) is 2.31. The van der Waals surface area contributed by atoms with E-state index in [-0.39, 0.29) is 5.91 Å². The monoisotopic (exact) mass is 264 g/mol. The van der Waals surface area contributed by atoms with E-state index >= 15 is 0 Å². The van der Waals surface area contributed by atoms with Gasteiger partial charge in [-0.05, 0) is 29.8 Å². The number of amides is 1. The van der Waals surface area contributed by atoms with Gasteiger partial charge in [0.1, 0.15) is 11.6 Å².